The first-order chi connectivity index (χ1) is 13.0. The van der Waals surface area contributed by atoms with Crippen LogP contribution in [0.4, 0.5) is 16.2 Å². The number of para-hydroxylation sites is 1. The number of amides is 2. The molecule has 142 valence electrons. The van der Waals surface area contributed by atoms with Gasteiger partial charge in [-0.3, -0.25) is 4.90 Å². The molecule has 2 amide bonds. The summed E-state index contributed by atoms with van der Waals surface area (Å²) in [7, 11) is -1.14. The Balaban J connectivity index is 2.18. The summed E-state index contributed by atoms with van der Waals surface area (Å²) in [5.41, 5.74) is 0.539. The normalized spacial score (nSPS) is 15.3. The quantitative estimate of drug-likeness (QED) is 0.709. The molecule has 8 heteroatoms. The van der Waals surface area contributed by atoms with Gasteiger partial charge in [-0.25, -0.2) is 13.2 Å². The highest BCUT2D eigenvalue weighted by Gasteiger charge is 2.42. The van der Waals surface area contributed by atoms with Crippen LogP contribution in [0.15, 0.2) is 60.0 Å². The van der Waals surface area contributed by atoms with Gasteiger partial charge in [0, 0.05) is 12.6 Å². The van der Waals surface area contributed by atoms with E-state index in [0.29, 0.717) is 30.2 Å². The number of anilines is 2. The Kier molecular flexibility index (Phi) is 5.09. The number of fused-ring (bicyclic) bond motifs is 1. The number of sulfonamides is 1. The van der Waals surface area contributed by atoms with Crippen molar-refractivity contribution in [2.75, 3.05) is 30.0 Å². The number of benzene rings is 2. The fourth-order valence-corrected chi connectivity index (χ4v) is 4.53. The van der Waals surface area contributed by atoms with Crippen molar-refractivity contribution in [1.29, 1.82) is 0 Å². The minimum atomic E-state index is -4.07. The van der Waals surface area contributed by atoms with Crippen LogP contribution in [0, 0.1) is 0 Å². The highest BCUT2D eigenvalue weighted by atomic mass is 32.2. The van der Waals surface area contributed by atoms with Gasteiger partial charge < -0.3 is 9.47 Å². The molecule has 0 fully saturated rings. The lowest BCUT2D eigenvalue weighted by atomic mass is 10.2. The predicted octanol–water partition coefficient (Wildman–Crippen LogP) is 3.42. The number of carbonyl (C=O) groups excluding carboxylic acids is 1. The summed E-state index contributed by atoms with van der Waals surface area (Å²) in [6, 6.07) is 10.3. The van der Waals surface area contributed by atoms with Crippen molar-refractivity contribution < 1.29 is 22.7 Å². The third kappa shape index (κ3) is 3.12. The van der Waals surface area contributed by atoms with Crippen molar-refractivity contribution in [2.45, 2.75) is 11.3 Å². The standard InChI is InChI=1S/C19H20N2O5S/c1-4-5-12-20-15-8-6-7-9-18(15)27(23,24)21(19(20)22)14-10-11-16(25-2)17(13-14)26-3/h4,6-11,13H,1,5,12H2,2-3H3. The van der Waals surface area contributed by atoms with Crippen LogP contribution in [0.3, 0.4) is 0 Å². The maximum absolute atomic E-state index is 13.2. The van der Waals surface area contributed by atoms with Crippen LogP contribution in [0.25, 0.3) is 0 Å². The molecule has 0 bridgehead atoms. The lowest BCUT2D eigenvalue weighted by molar-refractivity contribution is 0.254. The number of hydrogen-bond acceptors (Lipinski definition) is 5. The van der Waals surface area contributed by atoms with Crippen LogP contribution in [0.1, 0.15) is 6.42 Å². The SMILES string of the molecule is C=CCCN1C(=O)N(c2ccc(OC)c(OC)c2)S(=O)(=O)c2ccccc21. The molecule has 0 atom stereocenters. The number of carbonyl (C=O) groups is 1. The van der Waals surface area contributed by atoms with E-state index in [0.717, 1.165) is 4.31 Å². The van der Waals surface area contributed by atoms with Gasteiger partial charge in [0.2, 0.25) is 0 Å². The second-order valence-corrected chi connectivity index (χ2v) is 7.54. The maximum Gasteiger partial charge on any atom is 0.343 e. The zero-order chi connectivity index (χ0) is 19.6. The van der Waals surface area contributed by atoms with Crippen molar-refractivity contribution in [3.05, 3.63) is 55.1 Å². The smallest absolute Gasteiger partial charge is 0.343 e. The first kappa shape index (κ1) is 18.8. The Morgan fingerprint density at radius 1 is 1.07 bits per heavy atom. The highest BCUT2D eigenvalue weighted by Crippen LogP contribution is 2.39. The second kappa shape index (κ2) is 7.32. The van der Waals surface area contributed by atoms with Gasteiger partial charge in [-0.05, 0) is 30.7 Å². The Labute approximate surface area is 158 Å². The first-order valence-corrected chi connectivity index (χ1v) is 9.68. The number of hydrogen-bond donors (Lipinski definition) is 0. The number of methoxy groups -OCH3 is 2. The average molecular weight is 388 g/mol. The molecule has 2 aromatic rings. The third-order valence-electron chi connectivity index (χ3n) is 4.24. The summed E-state index contributed by atoms with van der Waals surface area (Å²) in [4.78, 5) is 14.6. The van der Waals surface area contributed by atoms with Crippen LogP contribution in [0.5, 0.6) is 11.5 Å². The van der Waals surface area contributed by atoms with E-state index in [1.165, 1.54) is 37.3 Å². The van der Waals surface area contributed by atoms with E-state index < -0.39 is 16.1 Å². The maximum atomic E-state index is 13.2. The van der Waals surface area contributed by atoms with Gasteiger partial charge in [-0.1, -0.05) is 18.2 Å². The van der Waals surface area contributed by atoms with Gasteiger partial charge in [-0.15, -0.1) is 6.58 Å². The summed E-state index contributed by atoms with van der Waals surface area (Å²) >= 11 is 0. The number of rotatable bonds is 6. The van der Waals surface area contributed by atoms with Gasteiger partial charge >= 0.3 is 6.03 Å². The molecule has 1 aliphatic rings. The fraction of sp³-hybridized carbons (Fsp3) is 0.211. The Bertz CT molecular complexity index is 987. The van der Waals surface area contributed by atoms with Gasteiger partial charge in [-0.2, -0.15) is 4.31 Å². The monoisotopic (exact) mass is 388 g/mol. The predicted molar refractivity (Wildman–Crippen MR) is 103 cm³/mol. The third-order valence-corrected chi connectivity index (χ3v) is 5.99. The first-order valence-electron chi connectivity index (χ1n) is 8.24. The van der Waals surface area contributed by atoms with Crippen LogP contribution in [0.2, 0.25) is 0 Å². The average Bonchev–Trinajstić information content (AvgIpc) is 2.67. The van der Waals surface area contributed by atoms with Gasteiger partial charge in [0.25, 0.3) is 10.0 Å². The molecule has 7 nitrogen and oxygen atoms in total. The molecule has 0 saturated carbocycles. The Hall–Kier alpha value is -3.00. The molecule has 0 radical (unpaired) electrons. The summed E-state index contributed by atoms with van der Waals surface area (Å²) in [6.07, 6.45) is 2.21. The van der Waals surface area contributed by atoms with E-state index in [1.807, 2.05) is 0 Å². The van der Waals surface area contributed by atoms with E-state index in [2.05, 4.69) is 6.58 Å². The molecule has 0 unspecified atom stereocenters. The molecular weight excluding hydrogens is 368 g/mol. The van der Waals surface area contributed by atoms with Crippen molar-refractivity contribution in [3.8, 4) is 11.5 Å². The van der Waals surface area contributed by atoms with Crippen LogP contribution >= 0.6 is 0 Å². The van der Waals surface area contributed by atoms with Crippen LogP contribution in [-0.2, 0) is 10.0 Å². The van der Waals surface area contributed by atoms with Gasteiger partial charge in [0.05, 0.1) is 25.6 Å². The Morgan fingerprint density at radius 3 is 2.44 bits per heavy atom. The molecule has 2 aromatic carbocycles. The number of ether oxygens (including phenoxy) is 2. The molecule has 0 aromatic heterocycles. The molecule has 1 aliphatic heterocycles. The molecule has 3 rings (SSSR count). The van der Waals surface area contributed by atoms with E-state index in [9.17, 15) is 13.2 Å². The van der Waals surface area contributed by atoms with E-state index in [4.69, 9.17) is 9.47 Å². The summed E-state index contributed by atoms with van der Waals surface area (Å²) < 4.78 is 37.6. The topological polar surface area (TPSA) is 76.2 Å². The van der Waals surface area contributed by atoms with Crippen LogP contribution < -0.4 is 18.7 Å². The summed E-state index contributed by atoms with van der Waals surface area (Å²) in [5.74, 6) is 0.765. The lowest BCUT2D eigenvalue weighted by Crippen LogP contribution is -2.51. The van der Waals surface area contributed by atoms with E-state index in [-0.39, 0.29) is 10.6 Å². The number of urea groups is 1. The van der Waals surface area contributed by atoms with Gasteiger partial charge in [0.15, 0.2) is 11.5 Å². The number of nitrogens with zero attached hydrogens (tertiary/aromatic N) is 2. The molecule has 0 N–H and O–H groups in total. The minimum Gasteiger partial charge on any atom is -0.493 e. The van der Waals surface area contributed by atoms with E-state index in [1.54, 1.807) is 30.3 Å². The van der Waals surface area contributed by atoms with Crippen molar-refractivity contribution >= 4 is 27.4 Å². The Morgan fingerprint density at radius 2 is 1.78 bits per heavy atom. The molecule has 0 aliphatic carbocycles. The molecule has 27 heavy (non-hydrogen) atoms. The molecule has 1 heterocycles. The van der Waals surface area contributed by atoms with Crippen molar-refractivity contribution in [1.82, 2.24) is 0 Å². The minimum absolute atomic E-state index is 0.0726. The van der Waals surface area contributed by atoms with Crippen molar-refractivity contribution in [3.63, 3.8) is 0 Å². The lowest BCUT2D eigenvalue weighted by Gasteiger charge is -2.36. The van der Waals surface area contributed by atoms with Crippen LogP contribution in [-0.4, -0.2) is 35.2 Å². The van der Waals surface area contributed by atoms with Crippen molar-refractivity contribution in [2.24, 2.45) is 0 Å². The largest absolute Gasteiger partial charge is 0.493 e. The fourth-order valence-electron chi connectivity index (χ4n) is 2.95. The highest BCUT2D eigenvalue weighted by molar-refractivity contribution is 7.94. The molecule has 0 spiro atoms. The zero-order valence-corrected chi connectivity index (χ0v) is 15.9. The molecule has 0 saturated heterocycles. The summed E-state index contributed by atoms with van der Waals surface area (Å²) in [6.45, 7) is 3.99. The summed E-state index contributed by atoms with van der Waals surface area (Å²) in [5, 5.41) is 0. The van der Waals surface area contributed by atoms with E-state index >= 15 is 0 Å². The van der Waals surface area contributed by atoms with Gasteiger partial charge in [0.1, 0.15) is 4.90 Å². The molecular formula is C19H20N2O5S. The zero-order valence-electron chi connectivity index (χ0n) is 15.1. The second-order valence-electron chi connectivity index (χ2n) is 5.79.